The first-order valence-corrected chi connectivity index (χ1v) is 11.0. The van der Waals surface area contributed by atoms with Gasteiger partial charge in [-0.25, -0.2) is 9.78 Å². The van der Waals surface area contributed by atoms with E-state index in [0.717, 1.165) is 40.9 Å². The summed E-state index contributed by atoms with van der Waals surface area (Å²) in [6.45, 7) is 6.91. The number of pyridine rings is 1. The van der Waals surface area contributed by atoms with Crippen molar-refractivity contribution in [1.82, 2.24) is 20.1 Å². The van der Waals surface area contributed by atoms with Crippen LogP contribution in [-0.2, 0) is 11.2 Å². The molecule has 0 radical (unpaired) electrons. The summed E-state index contributed by atoms with van der Waals surface area (Å²) in [5.74, 6) is 0.917. The summed E-state index contributed by atoms with van der Waals surface area (Å²) in [6.07, 6.45) is 7.23. The van der Waals surface area contributed by atoms with Gasteiger partial charge in [0.2, 0.25) is 0 Å². The number of hydrogen-bond donors (Lipinski definition) is 3. The average Bonchev–Trinajstić information content (AvgIpc) is 3.40. The maximum absolute atomic E-state index is 12.3. The molecule has 0 spiro atoms. The van der Waals surface area contributed by atoms with E-state index in [0.29, 0.717) is 13.1 Å². The number of carbonyl (C=O) groups is 1. The Bertz CT molecular complexity index is 1190. The molecule has 8 heteroatoms. The number of H-pyrrole nitrogens is 1. The number of nitrogens with zero attached hydrogens (tertiary/aromatic N) is 3. The van der Waals surface area contributed by atoms with Crippen LogP contribution in [0.15, 0.2) is 48.3 Å². The van der Waals surface area contributed by atoms with Crippen LogP contribution in [0.3, 0.4) is 0 Å². The molecule has 0 fully saturated rings. The maximum atomic E-state index is 12.3. The van der Waals surface area contributed by atoms with Crippen molar-refractivity contribution in [2.24, 2.45) is 0 Å². The van der Waals surface area contributed by atoms with Gasteiger partial charge in [-0.3, -0.25) is 5.10 Å². The van der Waals surface area contributed by atoms with E-state index in [1.807, 2.05) is 51.4 Å². The Balaban J connectivity index is 1.28. The van der Waals surface area contributed by atoms with Crippen LogP contribution in [-0.4, -0.2) is 50.9 Å². The van der Waals surface area contributed by atoms with Crippen molar-refractivity contribution in [1.29, 1.82) is 0 Å². The molecule has 0 aliphatic carbocycles. The van der Waals surface area contributed by atoms with Gasteiger partial charge in [0.15, 0.2) is 0 Å². The van der Waals surface area contributed by atoms with E-state index in [-0.39, 0.29) is 12.1 Å². The third-order valence-electron chi connectivity index (χ3n) is 5.84. The third-order valence-corrected chi connectivity index (χ3v) is 5.84. The van der Waals surface area contributed by atoms with Gasteiger partial charge in [-0.05, 0) is 57.0 Å². The lowest BCUT2D eigenvalue weighted by Gasteiger charge is -2.31. The van der Waals surface area contributed by atoms with Crippen molar-refractivity contribution in [2.45, 2.75) is 45.3 Å². The van der Waals surface area contributed by atoms with Gasteiger partial charge in [-0.1, -0.05) is 6.08 Å². The van der Waals surface area contributed by atoms with Crippen LogP contribution < -0.4 is 10.6 Å². The van der Waals surface area contributed by atoms with Crippen LogP contribution in [0.25, 0.3) is 10.9 Å². The SMILES string of the molecule is CC(C)(C)OC(=O)N1CC=C(C2Cc3c(Nc4ccc5[nH]ncc5c4)ccnc3N2)CC1. The molecule has 2 aromatic heterocycles. The molecule has 2 aliphatic heterocycles. The summed E-state index contributed by atoms with van der Waals surface area (Å²) in [5.41, 5.74) is 5.10. The molecule has 4 heterocycles. The van der Waals surface area contributed by atoms with E-state index in [1.165, 1.54) is 11.1 Å². The summed E-state index contributed by atoms with van der Waals surface area (Å²) in [7, 11) is 0. The standard InChI is InChI=1S/C24H28N6O2/c1-24(2,3)32-23(31)30-10-7-15(8-11-30)21-13-18-20(6-9-25-22(18)28-21)27-17-4-5-19-16(12-17)14-26-29-19/h4-7,9,12,14,21H,8,10-11,13H2,1-3H3,(H,26,29)(H2,25,27,28). The van der Waals surface area contributed by atoms with Gasteiger partial charge in [0, 0.05) is 48.0 Å². The van der Waals surface area contributed by atoms with Gasteiger partial charge in [0.25, 0.3) is 0 Å². The zero-order valence-corrected chi connectivity index (χ0v) is 18.6. The fourth-order valence-corrected chi connectivity index (χ4v) is 4.25. The average molecular weight is 433 g/mol. The molecule has 1 atom stereocenters. The normalized spacial score (nSPS) is 18.2. The molecule has 0 saturated carbocycles. The smallest absolute Gasteiger partial charge is 0.410 e. The van der Waals surface area contributed by atoms with Crippen LogP contribution in [0.5, 0.6) is 0 Å². The second-order valence-electron chi connectivity index (χ2n) is 9.34. The minimum Gasteiger partial charge on any atom is -0.444 e. The van der Waals surface area contributed by atoms with Gasteiger partial charge in [-0.15, -0.1) is 0 Å². The monoisotopic (exact) mass is 432 g/mol. The number of ether oxygens (including phenoxy) is 1. The highest BCUT2D eigenvalue weighted by Gasteiger charge is 2.30. The van der Waals surface area contributed by atoms with Crippen LogP contribution in [0.2, 0.25) is 0 Å². The molecule has 8 nitrogen and oxygen atoms in total. The maximum Gasteiger partial charge on any atom is 0.410 e. The Labute approximate surface area is 187 Å². The largest absolute Gasteiger partial charge is 0.444 e. The van der Waals surface area contributed by atoms with Crippen molar-refractivity contribution in [3.05, 3.63) is 53.9 Å². The zero-order valence-electron chi connectivity index (χ0n) is 18.6. The van der Waals surface area contributed by atoms with E-state index in [4.69, 9.17) is 4.74 Å². The first kappa shape index (κ1) is 20.4. The third kappa shape index (κ3) is 4.12. The van der Waals surface area contributed by atoms with Crippen LogP contribution in [0.1, 0.15) is 32.8 Å². The minimum atomic E-state index is -0.479. The zero-order chi connectivity index (χ0) is 22.3. The number of nitrogens with one attached hydrogen (secondary N) is 3. The van der Waals surface area contributed by atoms with Crippen molar-refractivity contribution in [2.75, 3.05) is 23.7 Å². The van der Waals surface area contributed by atoms with E-state index in [2.05, 4.69) is 38.0 Å². The van der Waals surface area contributed by atoms with Gasteiger partial charge >= 0.3 is 6.09 Å². The highest BCUT2D eigenvalue weighted by Crippen LogP contribution is 2.35. The fraction of sp³-hybridized carbons (Fsp3) is 0.375. The molecule has 1 aromatic carbocycles. The predicted octanol–water partition coefficient (Wildman–Crippen LogP) is 4.61. The molecule has 0 saturated heterocycles. The highest BCUT2D eigenvalue weighted by molar-refractivity contribution is 5.83. The topological polar surface area (TPSA) is 95.2 Å². The summed E-state index contributed by atoms with van der Waals surface area (Å²) >= 11 is 0. The lowest BCUT2D eigenvalue weighted by atomic mass is 9.97. The van der Waals surface area contributed by atoms with E-state index >= 15 is 0 Å². The van der Waals surface area contributed by atoms with E-state index in [1.54, 1.807) is 4.90 Å². The Morgan fingerprint density at radius 1 is 1.28 bits per heavy atom. The molecule has 5 rings (SSSR count). The predicted molar refractivity (Wildman–Crippen MR) is 125 cm³/mol. The number of benzene rings is 1. The Hall–Kier alpha value is -3.55. The molecular formula is C24H28N6O2. The Morgan fingerprint density at radius 3 is 2.94 bits per heavy atom. The second-order valence-corrected chi connectivity index (χ2v) is 9.34. The first-order chi connectivity index (χ1) is 15.4. The lowest BCUT2D eigenvalue weighted by Crippen LogP contribution is -2.40. The Kier molecular flexibility index (Phi) is 5.00. The number of anilines is 3. The molecule has 32 heavy (non-hydrogen) atoms. The molecular weight excluding hydrogens is 404 g/mol. The fourth-order valence-electron chi connectivity index (χ4n) is 4.25. The van der Waals surface area contributed by atoms with Gasteiger partial charge < -0.3 is 20.3 Å². The lowest BCUT2D eigenvalue weighted by molar-refractivity contribution is 0.0265. The molecule has 3 N–H and O–H groups in total. The number of aromatic nitrogens is 3. The molecule has 166 valence electrons. The van der Waals surface area contributed by atoms with Gasteiger partial charge in [-0.2, -0.15) is 5.10 Å². The van der Waals surface area contributed by atoms with Crippen LogP contribution in [0.4, 0.5) is 22.0 Å². The Morgan fingerprint density at radius 2 is 2.16 bits per heavy atom. The second kappa shape index (κ2) is 7.85. The van der Waals surface area contributed by atoms with Crippen LogP contribution in [0, 0.1) is 0 Å². The van der Waals surface area contributed by atoms with E-state index < -0.39 is 5.60 Å². The molecule has 3 aromatic rings. The van der Waals surface area contributed by atoms with E-state index in [9.17, 15) is 4.79 Å². The molecule has 2 aliphatic rings. The molecule has 1 amide bonds. The number of carbonyl (C=O) groups excluding carboxylic acids is 1. The number of rotatable bonds is 3. The highest BCUT2D eigenvalue weighted by atomic mass is 16.6. The summed E-state index contributed by atoms with van der Waals surface area (Å²) in [6, 6.07) is 8.36. The van der Waals surface area contributed by atoms with Crippen molar-refractivity contribution < 1.29 is 9.53 Å². The number of aromatic amines is 1. The van der Waals surface area contributed by atoms with Crippen LogP contribution >= 0.6 is 0 Å². The van der Waals surface area contributed by atoms with Gasteiger partial charge in [0.1, 0.15) is 11.4 Å². The van der Waals surface area contributed by atoms with Crippen molar-refractivity contribution in [3.63, 3.8) is 0 Å². The number of fused-ring (bicyclic) bond motifs is 2. The minimum absolute atomic E-state index is 0.192. The molecule has 0 bridgehead atoms. The first-order valence-electron chi connectivity index (χ1n) is 11.0. The summed E-state index contributed by atoms with van der Waals surface area (Å²) in [4.78, 5) is 18.6. The summed E-state index contributed by atoms with van der Waals surface area (Å²) in [5, 5.41) is 15.3. The van der Waals surface area contributed by atoms with Crippen molar-refractivity contribution in [3.8, 4) is 0 Å². The molecule has 1 unspecified atom stereocenters. The van der Waals surface area contributed by atoms with Gasteiger partial charge in [0.05, 0.1) is 17.8 Å². The summed E-state index contributed by atoms with van der Waals surface area (Å²) < 4.78 is 5.50. The van der Waals surface area contributed by atoms with Crippen molar-refractivity contribution >= 4 is 34.2 Å². The number of hydrogen-bond acceptors (Lipinski definition) is 6. The number of amides is 1. The quantitative estimate of drug-likeness (QED) is 0.524.